The third-order valence-corrected chi connectivity index (χ3v) is 12.9. The number of hydrogen-bond acceptors (Lipinski definition) is 6. The standard InChI is InChI=1S/C63H38N8/c1-39-14-19-42(20-15-39)46-23-28-58-54(32-46)55-33-47(43-21-16-40(2)17-22-43)24-29-59(55)71(58)60-56(52-26-18-41(36-64)30-49(52)37-65)34-48(35-57(60)53-27-25-51(67-3)31-50(53)38-66)63-69-61(44-10-6-4-7-11-44)68-62(70-63)45-12-8-5-9-13-45/h4-35H,1-2H3. The van der Waals surface area contributed by atoms with Crippen LogP contribution in [0.4, 0.5) is 5.69 Å². The second-order valence-corrected chi connectivity index (χ2v) is 17.4. The molecule has 0 saturated heterocycles. The summed E-state index contributed by atoms with van der Waals surface area (Å²) in [5.41, 5.74) is 14.8. The second kappa shape index (κ2) is 18.1. The molecule has 11 aromatic rings. The van der Waals surface area contributed by atoms with Crippen LogP contribution in [0.2, 0.25) is 0 Å². The van der Waals surface area contributed by atoms with Crippen LogP contribution in [0.1, 0.15) is 27.8 Å². The first-order chi connectivity index (χ1) is 34.8. The zero-order chi connectivity index (χ0) is 48.6. The summed E-state index contributed by atoms with van der Waals surface area (Å²) in [4.78, 5) is 19.0. The van der Waals surface area contributed by atoms with E-state index in [-0.39, 0.29) is 11.1 Å². The highest BCUT2D eigenvalue weighted by Gasteiger charge is 2.26. The summed E-state index contributed by atoms with van der Waals surface area (Å²) >= 11 is 0. The molecule has 2 heterocycles. The van der Waals surface area contributed by atoms with Gasteiger partial charge in [-0.2, -0.15) is 15.8 Å². The molecule has 0 unspecified atom stereocenters. The molecule has 2 aromatic heterocycles. The van der Waals surface area contributed by atoms with E-state index >= 15 is 0 Å². The zero-order valence-corrected chi connectivity index (χ0v) is 38.6. The van der Waals surface area contributed by atoms with Gasteiger partial charge in [-0.1, -0.05) is 151 Å². The number of rotatable bonds is 8. The lowest BCUT2D eigenvalue weighted by Gasteiger charge is -2.22. The molecule has 0 N–H and O–H groups in total. The van der Waals surface area contributed by atoms with Gasteiger partial charge in [0.25, 0.3) is 0 Å². The lowest BCUT2D eigenvalue weighted by Crippen LogP contribution is -2.05. The molecule has 0 aliphatic rings. The Bertz CT molecular complexity index is 3830. The fraction of sp³-hybridized carbons (Fsp3) is 0.0317. The largest absolute Gasteiger partial charge is 0.308 e. The minimum atomic E-state index is 0.284. The van der Waals surface area contributed by atoms with Crippen LogP contribution in [-0.2, 0) is 0 Å². The van der Waals surface area contributed by atoms with Gasteiger partial charge in [0.05, 0.1) is 52.6 Å². The van der Waals surface area contributed by atoms with Crippen LogP contribution < -0.4 is 0 Å². The topological polar surface area (TPSA) is 119 Å². The number of nitrogens with zero attached hydrogens (tertiary/aromatic N) is 8. The minimum absolute atomic E-state index is 0.284. The van der Waals surface area contributed by atoms with Crippen LogP contribution in [0, 0.1) is 54.4 Å². The van der Waals surface area contributed by atoms with E-state index in [0.717, 1.165) is 55.2 Å². The Labute approximate surface area is 410 Å². The van der Waals surface area contributed by atoms with Gasteiger partial charge in [0.15, 0.2) is 23.2 Å². The van der Waals surface area contributed by atoms with E-state index in [1.54, 1.807) is 24.3 Å². The van der Waals surface area contributed by atoms with Crippen molar-refractivity contribution in [3.05, 3.63) is 233 Å². The lowest BCUT2D eigenvalue weighted by atomic mass is 9.88. The van der Waals surface area contributed by atoms with Gasteiger partial charge in [-0.3, -0.25) is 0 Å². The SMILES string of the molecule is [C-]#[N+]c1ccc(-c2cc(-c3nc(-c4ccccc4)nc(-c4ccccc4)n3)cc(-c3ccc(C#N)cc3C#N)c2-n2c3ccc(-c4ccc(C)cc4)cc3c3cc(-c4ccc(C)cc4)ccc32)c(C#N)c1. The quantitative estimate of drug-likeness (QED) is 0.140. The van der Waals surface area contributed by atoms with E-state index in [1.165, 1.54) is 11.1 Å². The highest BCUT2D eigenvalue weighted by Crippen LogP contribution is 2.47. The van der Waals surface area contributed by atoms with Gasteiger partial charge >= 0.3 is 0 Å². The summed E-state index contributed by atoms with van der Waals surface area (Å²) in [6.45, 7) is 12.1. The predicted octanol–water partition coefficient (Wildman–Crippen LogP) is 15.4. The first-order valence-electron chi connectivity index (χ1n) is 23.0. The van der Waals surface area contributed by atoms with Crippen LogP contribution in [0.15, 0.2) is 194 Å². The molecule has 330 valence electrons. The normalized spacial score (nSPS) is 10.9. The molecule has 0 aliphatic carbocycles. The van der Waals surface area contributed by atoms with Crippen molar-refractivity contribution >= 4 is 27.5 Å². The minimum Gasteiger partial charge on any atom is -0.308 e. The molecule has 8 nitrogen and oxygen atoms in total. The van der Waals surface area contributed by atoms with Crippen LogP contribution >= 0.6 is 0 Å². The van der Waals surface area contributed by atoms with Crippen molar-refractivity contribution in [1.82, 2.24) is 19.5 Å². The molecule has 0 aliphatic heterocycles. The second-order valence-electron chi connectivity index (χ2n) is 17.4. The molecule has 9 aromatic carbocycles. The number of benzene rings is 9. The van der Waals surface area contributed by atoms with Gasteiger partial charge in [-0.05, 0) is 96.3 Å². The summed E-state index contributed by atoms with van der Waals surface area (Å²) in [6.07, 6.45) is 0. The Morgan fingerprint density at radius 1 is 0.408 bits per heavy atom. The molecule has 71 heavy (non-hydrogen) atoms. The van der Waals surface area contributed by atoms with Crippen molar-refractivity contribution < 1.29 is 0 Å². The van der Waals surface area contributed by atoms with E-state index in [9.17, 15) is 15.8 Å². The average molecular weight is 907 g/mol. The molecule has 0 spiro atoms. The van der Waals surface area contributed by atoms with Crippen LogP contribution in [0.25, 0.3) is 111 Å². The maximum atomic E-state index is 10.9. The molecule has 0 fully saturated rings. The molecule has 0 bridgehead atoms. The highest BCUT2D eigenvalue weighted by molar-refractivity contribution is 6.13. The summed E-state index contributed by atoms with van der Waals surface area (Å²) in [6, 6.07) is 70.8. The Morgan fingerprint density at radius 3 is 1.32 bits per heavy atom. The fourth-order valence-corrected chi connectivity index (χ4v) is 9.34. The van der Waals surface area contributed by atoms with Gasteiger partial charge in [0, 0.05) is 49.7 Å². The van der Waals surface area contributed by atoms with Crippen LogP contribution in [-0.4, -0.2) is 19.5 Å². The Morgan fingerprint density at radius 2 is 0.859 bits per heavy atom. The van der Waals surface area contributed by atoms with E-state index in [2.05, 4.69) is 126 Å². The first-order valence-corrected chi connectivity index (χ1v) is 23.0. The van der Waals surface area contributed by atoms with Gasteiger partial charge in [-0.15, -0.1) is 0 Å². The molecule has 0 saturated carbocycles. The highest BCUT2D eigenvalue weighted by atomic mass is 15.0. The molecular formula is C63H38N8. The van der Waals surface area contributed by atoms with Gasteiger partial charge in [-0.25, -0.2) is 19.8 Å². The fourth-order valence-electron chi connectivity index (χ4n) is 9.34. The zero-order valence-electron chi connectivity index (χ0n) is 38.6. The van der Waals surface area contributed by atoms with E-state index in [4.69, 9.17) is 21.5 Å². The molecule has 0 amide bonds. The summed E-state index contributed by atoms with van der Waals surface area (Å²) in [5.74, 6) is 1.30. The van der Waals surface area contributed by atoms with Crippen molar-refractivity contribution in [3.8, 4) is 103 Å². The number of hydrogen-bond donors (Lipinski definition) is 0. The average Bonchev–Trinajstić information content (AvgIpc) is 3.75. The molecule has 0 radical (unpaired) electrons. The number of fused-ring (bicyclic) bond motifs is 3. The monoisotopic (exact) mass is 906 g/mol. The van der Waals surface area contributed by atoms with Crippen molar-refractivity contribution in [3.63, 3.8) is 0 Å². The first kappa shape index (κ1) is 43.3. The van der Waals surface area contributed by atoms with Crippen molar-refractivity contribution in [2.24, 2.45) is 0 Å². The molecule has 0 atom stereocenters. The third kappa shape index (κ3) is 8.01. The lowest BCUT2D eigenvalue weighted by molar-refractivity contribution is 1.07. The Kier molecular flexibility index (Phi) is 11.0. The number of nitriles is 3. The Balaban J connectivity index is 1.30. The van der Waals surface area contributed by atoms with Crippen molar-refractivity contribution in [2.75, 3.05) is 0 Å². The molecule has 11 rings (SSSR count). The predicted molar refractivity (Wildman–Crippen MR) is 282 cm³/mol. The van der Waals surface area contributed by atoms with E-state index < -0.39 is 0 Å². The number of aryl methyl sites for hydroxylation is 2. The summed E-state index contributed by atoms with van der Waals surface area (Å²) in [7, 11) is 0. The van der Waals surface area contributed by atoms with Gasteiger partial charge in [0.2, 0.25) is 0 Å². The third-order valence-electron chi connectivity index (χ3n) is 12.9. The van der Waals surface area contributed by atoms with Crippen molar-refractivity contribution in [1.29, 1.82) is 15.8 Å². The molecular weight excluding hydrogens is 869 g/mol. The summed E-state index contributed by atoms with van der Waals surface area (Å²) in [5, 5.41) is 34.0. The van der Waals surface area contributed by atoms with E-state index in [0.29, 0.717) is 62.2 Å². The van der Waals surface area contributed by atoms with Crippen molar-refractivity contribution in [2.45, 2.75) is 13.8 Å². The van der Waals surface area contributed by atoms with Gasteiger partial charge in [0.1, 0.15) is 0 Å². The maximum absolute atomic E-state index is 10.9. The summed E-state index contributed by atoms with van der Waals surface area (Å²) < 4.78 is 2.22. The maximum Gasteiger partial charge on any atom is 0.188 e. The van der Waals surface area contributed by atoms with E-state index in [1.807, 2.05) is 84.9 Å². The Hall–Kier alpha value is -10.3. The number of aromatic nitrogens is 4. The molecule has 8 heteroatoms. The van der Waals surface area contributed by atoms with Crippen LogP contribution in [0.3, 0.4) is 0 Å². The van der Waals surface area contributed by atoms with Gasteiger partial charge < -0.3 is 4.57 Å². The smallest absolute Gasteiger partial charge is 0.188 e. The van der Waals surface area contributed by atoms with Crippen LogP contribution in [0.5, 0.6) is 0 Å².